The van der Waals surface area contributed by atoms with Crippen molar-refractivity contribution in [1.29, 1.82) is 0 Å². The van der Waals surface area contributed by atoms with Gasteiger partial charge in [-0.05, 0) is 62.1 Å². The lowest BCUT2D eigenvalue weighted by Gasteiger charge is -2.23. The van der Waals surface area contributed by atoms with Crippen molar-refractivity contribution in [2.45, 2.75) is 32.7 Å². The molecule has 2 aliphatic rings. The van der Waals surface area contributed by atoms with Gasteiger partial charge in [0.15, 0.2) is 11.5 Å². The van der Waals surface area contributed by atoms with Crippen LogP contribution in [-0.2, 0) is 0 Å². The van der Waals surface area contributed by atoms with Crippen molar-refractivity contribution in [3.05, 3.63) is 57.5 Å². The molecule has 2 aromatic carbocycles. The van der Waals surface area contributed by atoms with Gasteiger partial charge < -0.3 is 25.0 Å². The van der Waals surface area contributed by atoms with Gasteiger partial charge in [0.1, 0.15) is 5.01 Å². The van der Waals surface area contributed by atoms with Gasteiger partial charge in [0.2, 0.25) is 11.8 Å². The van der Waals surface area contributed by atoms with Crippen molar-refractivity contribution < 1.29 is 19.1 Å². The number of carbonyl (C=O) groups is 2. The molecule has 2 N–H and O–H groups in total. The Labute approximate surface area is 194 Å². The molecule has 33 heavy (non-hydrogen) atoms. The molecule has 1 unspecified atom stereocenters. The molecule has 3 aromatic rings. The Morgan fingerprint density at radius 3 is 2.61 bits per heavy atom. The highest BCUT2D eigenvalue weighted by atomic mass is 32.1. The molecule has 0 radical (unpaired) electrons. The minimum absolute atomic E-state index is 0.168. The highest BCUT2D eigenvalue weighted by Crippen LogP contribution is 2.36. The molecule has 0 bridgehead atoms. The molecule has 5 rings (SSSR count). The average molecular weight is 466 g/mol. The molecule has 1 atom stereocenters. The van der Waals surface area contributed by atoms with Crippen LogP contribution < -0.4 is 20.1 Å². The molecule has 0 aliphatic carbocycles. The van der Waals surface area contributed by atoms with E-state index in [2.05, 4.69) is 26.9 Å². The summed E-state index contributed by atoms with van der Waals surface area (Å²) in [7, 11) is 0. The van der Waals surface area contributed by atoms with Crippen LogP contribution in [0.5, 0.6) is 11.5 Å². The molecule has 1 fully saturated rings. The summed E-state index contributed by atoms with van der Waals surface area (Å²) in [5, 5.41) is 15.0. The van der Waals surface area contributed by atoms with E-state index in [4.69, 9.17) is 9.47 Å². The summed E-state index contributed by atoms with van der Waals surface area (Å²) in [6.07, 6.45) is 1.64. The van der Waals surface area contributed by atoms with Gasteiger partial charge in [0.25, 0.3) is 5.91 Å². The normalized spacial score (nSPS) is 16.7. The Kier molecular flexibility index (Phi) is 5.59. The van der Waals surface area contributed by atoms with Gasteiger partial charge in [-0.2, -0.15) is 0 Å². The second-order valence-electron chi connectivity index (χ2n) is 8.13. The lowest BCUT2D eigenvalue weighted by atomic mass is 10.1. The molecular formula is C23H23N5O4S. The van der Waals surface area contributed by atoms with Gasteiger partial charge in [-0.1, -0.05) is 17.4 Å². The minimum Gasteiger partial charge on any atom is -0.454 e. The molecule has 170 valence electrons. The first-order valence-electron chi connectivity index (χ1n) is 10.7. The van der Waals surface area contributed by atoms with Gasteiger partial charge in [-0.3, -0.25) is 4.79 Å². The first-order valence-corrected chi connectivity index (χ1v) is 11.5. The largest absolute Gasteiger partial charge is 0.454 e. The topological polar surface area (TPSA) is 106 Å². The third-order valence-electron chi connectivity index (χ3n) is 5.54. The summed E-state index contributed by atoms with van der Waals surface area (Å²) < 4.78 is 10.6. The summed E-state index contributed by atoms with van der Waals surface area (Å²) in [4.78, 5) is 27.4. The Bertz CT molecular complexity index is 1210. The summed E-state index contributed by atoms with van der Waals surface area (Å²) >= 11 is 1.20. The molecule has 0 spiro atoms. The van der Waals surface area contributed by atoms with E-state index in [1.165, 1.54) is 11.3 Å². The number of aromatic nitrogens is 2. The number of hydrogen-bond acceptors (Lipinski definition) is 7. The lowest BCUT2D eigenvalue weighted by Crippen LogP contribution is -2.34. The number of amides is 3. The molecule has 9 nitrogen and oxygen atoms in total. The number of ether oxygens (including phenoxy) is 2. The number of likely N-dealkylation sites (tertiary alicyclic amines) is 1. The van der Waals surface area contributed by atoms with Gasteiger partial charge in [-0.25, -0.2) is 4.79 Å². The molecule has 0 saturated carbocycles. The van der Waals surface area contributed by atoms with E-state index < -0.39 is 0 Å². The van der Waals surface area contributed by atoms with E-state index in [0.29, 0.717) is 28.7 Å². The van der Waals surface area contributed by atoms with E-state index in [1.807, 2.05) is 26.0 Å². The van der Waals surface area contributed by atoms with Crippen molar-refractivity contribution in [2.24, 2.45) is 0 Å². The maximum absolute atomic E-state index is 13.0. The number of fused-ring (bicyclic) bond motifs is 1. The van der Waals surface area contributed by atoms with Gasteiger partial charge in [-0.15, -0.1) is 10.2 Å². The maximum atomic E-state index is 13.0. The molecular weight excluding hydrogens is 442 g/mol. The SMILES string of the molecule is Cc1cc(C)cc(NC(=O)N2CCCC2c2nnc(C(=O)Nc3ccc4c(c3)OCO4)s2)c1. The smallest absolute Gasteiger partial charge is 0.322 e. The summed E-state index contributed by atoms with van der Waals surface area (Å²) in [6, 6.07) is 10.8. The van der Waals surface area contributed by atoms with Gasteiger partial charge in [0, 0.05) is 24.0 Å². The predicted octanol–water partition coefficient (Wildman–Crippen LogP) is 4.50. The Morgan fingerprint density at radius 1 is 1.00 bits per heavy atom. The van der Waals surface area contributed by atoms with E-state index in [0.717, 1.165) is 29.7 Å². The van der Waals surface area contributed by atoms with Crippen LogP contribution in [0.1, 0.15) is 44.8 Å². The third-order valence-corrected chi connectivity index (χ3v) is 6.56. The van der Waals surface area contributed by atoms with Crippen molar-refractivity contribution >= 4 is 34.6 Å². The van der Waals surface area contributed by atoms with Crippen LogP contribution in [0.15, 0.2) is 36.4 Å². The molecule has 1 aromatic heterocycles. The fourth-order valence-corrected chi connectivity index (χ4v) is 5.01. The number of benzene rings is 2. The second kappa shape index (κ2) is 8.70. The Morgan fingerprint density at radius 2 is 1.79 bits per heavy atom. The third kappa shape index (κ3) is 4.47. The molecule has 1 saturated heterocycles. The van der Waals surface area contributed by atoms with E-state index in [-0.39, 0.29) is 29.8 Å². The molecule has 3 heterocycles. The number of rotatable bonds is 4. The van der Waals surface area contributed by atoms with Gasteiger partial charge >= 0.3 is 6.03 Å². The quantitative estimate of drug-likeness (QED) is 0.588. The number of carbonyl (C=O) groups excluding carboxylic acids is 2. The first-order chi connectivity index (χ1) is 16.0. The fraction of sp³-hybridized carbons (Fsp3) is 0.304. The zero-order valence-electron chi connectivity index (χ0n) is 18.3. The predicted molar refractivity (Wildman–Crippen MR) is 124 cm³/mol. The Hall–Kier alpha value is -3.66. The highest BCUT2D eigenvalue weighted by Gasteiger charge is 2.33. The highest BCUT2D eigenvalue weighted by molar-refractivity contribution is 7.13. The van der Waals surface area contributed by atoms with Crippen LogP contribution >= 0.6 is 11.3 Å². The van der Waals surface area contributed by atoms with Gasteiger partial charge in [0.05, 0.1) is 6.04 Å². The van der Waals surface area contributed by atoms with E-state index >= 15 is 0 Å². The zero-order chi connectivity index (χ0) is 22.9. The van der Waals surface area contributed by atoms with Crippen molar-refractivity contribution in [1.82, 2.24) is 15.1 Å². The van der Waals surface area contributed by atoms with Crippen molar-refractivity contribution in [3.8, 4) is 11.5 Å². The monoisotopic (exact) mass is 465 g/mol. The van der Waals surface area contributed by atoms with Crippen LogP contribution in [0.3, 0.4) is 0 Å². The van der Waals surface area contributed by atoms with Crippen molar-refractivity contribution in [3.63, 3.8) is 0 Å². The average Bonchev–Trinajstić information content (AvgIpc) is 3.51. The van der Waals surface area contributed by atoms with E-state index in [1.54, 1.807) is 23.1 Å². The Balaban J connectivity index is 1.27. The summed E-state index contributed by atoms with van der Waals surface area (Å²) in [5.74, 6) is 0.871. The second-order valence-corrected chi connectivity index (χ2v) is 9.13. The van der Waals surface area contributed by atoms with Crippen molar-refractivity contribution in [2.75, 3.05) is 24.0 Å². The first kappa shape index (κ1) is 21.2. The lowest BCUT2D eigenvalue weighted by molar-refractivity contribution is 0.102. The maximum Gasteiger partial charge on any atom is 0.322 e. The molecule has 2 aliphatic heterocycles. The summed E-state index contributed by atoms with van der Waals surface area (Å²) in [5.41, 5.74) is 3.52. The van der Waals surface area contributed by atoms with Crippen LogP contribution in [0.25, 0.3) is 0 Å². The number of aryl methyl sites for hydroxylation is 2. The molecule has 10 heteroatoms. The van der Waals surface area contributed by atoms with E-state index in [9.17, 15) is 9.59 Å². The number of urea groups is 1. The number of anilines is 2. The molecule has 3 amide bonds. The van der Waals surface area contributed by atoms with Crippen LogP contribution in [0.4, 0.5) is 16.2 Å². The number of hydrogen-bond donors (Lipinski definition) is 2. The van der Waals surface area contributed by atoms with Crippen LogP contribution in [0, 0.1) is 13.8 Å². The minimum atomic E-state index is -0.359. The summed E-state index contributed by atoms with van der Waals surface area (Å²) in [6.45, 7) is 4.79. The number of nitrogens with one attached hydrogen (secondary N) is 2. The number of nitrogens with zero attached hydrogens (tertiary/aromatic N) is 3. The zero-order valence-corrected chi connectivity index (χ0v) is 19.1. The van der Waals surface area contributed by atoms with Crippen LogP contribution in [0.2, 0.25) is 0 Å². The fourth-order valence-electron chi connectivity index (χ4n) is 4.13. The standard InChI is InChI=1S/C23H23N5O4S/c1-13-8-14(2)10-16(9-13)25-23(30)28-7-3-4-17(28)21-26-27-22(33-21)20(29)24-15-5-6-18-19(11-15)32-12-31-18/h5-6,8-11,17H,3-4,7,12H2,1-2H3,(H,24,29)(H,25,30). The van der Waals surface area contributed by atoms with Crippen LogP contribution in [-0.4, -0.2) is 40.4 Å².